The van der Waals surface area contributed by atoms with Crippen LogP contribution in [0.2, 0.25) is 0 Å². The summed E-state index contributed by atoms with van der Waals surface area (Å²) >= 11 is 14.9. The summed E-state index contributed by atoms with van der Waals surface area (Å²) in [5.41, 5.74) is 1.24. The molecule has 0 aromatic heterocycles. The maximum atomic E-state index is 14.6. The number of carbonyl (C=O) groups excluding carboxylic acids is 4. The van der Waals surface area contributed by atoms with Crippen molar-refractivity contribution in [3.05, 3.63) is 89.8 Å². The molecule has 46 heavy (non-hydrogen) atoms. The number of rotatable bonds is 5. The van der Waals surface area contributed by atoms with Crippen LogP contribution in [0.5, 0.6) is 17.2 Å². The van der Waals surface area contributed by atoms with Crippen molar-refractivity contribution in [3.8, 4) is 17.2 Å². The Hall–Kier alpha value is -4.41. The smallest absolute Gasteiger partial charge is 0.258 e. The van der Waals surface area contributed by atoms with Crippen LogP contribution in [0.1, 0.15) is 24.3 Å². The molecule has 6 atom stereocenters. The zero-order valence-corrected chi connectivity index (χ0v) is 26.1. The number of hydrogen-bond donors (Lipinski definition) is 1. The highest BCUT2D eigenvalue weighted by Crippen LogP contribution is 2.67. The summed E-state index contributed by atoms with van der Waals surface area (Å²) in [6, 6.07) is 16.0. The third kappa shape index (κ3) is 3.92. The van der Waals surface area contributed by atoms with Crippen LogP contribution in [0.25, 0.3) is 0 Å². The SMILES string of the molecule is COc1cc(O)cc(OC)c1[C@H]1C2=CC[C@@H]3C(=O)N(c4ccccc4)C(=O)[C@@H]3[C@@H]2C[C@@]2(Cl)C(=O)N(c3ccc(F)cc3)C(=O)[C@@]12Cl. The van der Waals surface area contributed by atoms with Gasteiger partial charge in [0.1, 0.15) is 23.1 Å². The summed E-state index contributed by atoms with van der Waals surface area (Å²) in [6.07, 6.45) is 1.71. The number of benzene rings is 3. The molecule has 2 saturated heterocycles. The van der Waals surface area contributed by atoms with Crippen LogP contribution in [0.15, 0.2) is 78.4 Å². The Morgan fingerprint density at radius 1 is 0.826 bits per heavy atom. The molecule has 4 amide bonds. The third-order valence-electron chi connectivity index (χ3n) is 9.73. The average molecular weight is 666 g/mol. The molecule has 2 heterocycles. The molecule has 9 nitrogen and oxygen atoms in total. The minimum absolute atomic E-state index is 0.0615. The first-order valence-corrected chi connectivity index (χ1v) is 15.3. The first-order chi connectivity index (χ1) is 22.0. The lowest BCUT2D eigenvalue weighted by Gasteiger charge is -2.51. The number of para-hydroxylation sites is 1. The number of phenolic OH excluding ortho intramolecular Hbond substituents is 1. The van der Waals surface area contributed by atoms with Gasteiger partial charge in [-0.1, -0.05) is 29.8 Å². The van der Waals surface area contributed by atoms with Gasteiger partial charge in [0.15, 0.2) is 9.75 Å². The predicted octanol–water partition coefficient (Wildman–Crippen LogP) is 5.32. The van der Waals surface area contributed by atoms with Crippen molar-refractivity contribution in [2.45, 2.75) is 28.5 Å². The van der Waals surface area contributed by atoms with Gasteiger partial charge in [-0.15, -0.1) is 23.2 Å². The number of aromatic hydroxyl groups is 1. The molecule has 3 aromatic rings. The van der Waals surface area contributed by atoms with Gasteiger partial charge in [0.05, 0.1) is 37.4 Å². The molecule has 0 unspecified atom stereocenters. The first kappa shape index (κ1) is 30.3. The van der Waals surface area contributed by atoms with Crippen LogP contribution in [0.4, 0.5) is 15.8 Å². The van der Waals surface area contributed by atoms with E-state index in [4.69, 9.17) is 32.7 Å². The van der Waals surface area contributed by atoms with Gasteiger partial charge in [-0.05, 0) is 55.2 Å². The van der Waals surface area contributed by atoms with E-state index in [1.54, 1.807) is 36.4 Å². The Morgan fingerprint density at radius 2 is 1.43 bits per heavy atom. The minimum atomic E-state index is -2.20. The molecule has 2 aliphatic carbocycles. The second kappa shape index (κ2) is 10.6. The van der Waals surface area contributed by atoms with Gasteiger partial charge in [-0.2, -0.15) is 0 Å². The number of nitrogens with zero attached hydrogens (tertiary/aromatic N) is 2. The molecular formula is C34H27Cl2FN2O7. The summed E-state index contributed by atoms with van der Waals surface area (Å²) in [5, 5.41) is 10.5. The number of anilines is 2. The molecule has 0 bridgehead atoms. The van der Waals surface area contributed by atoms with E-state index < -0.39 is 57.0 Å². The number of fused-ring (bicyclic) bond motifs is 4. The minimum Gasteiger partial charge on any atom is -0.508 e. The summed E-state index contributed by atoms with van der Waals surface area (Å²) in [6.45, 7) is 0. The molecule has 1 saturated carbocycles. The molecule has 1 N–H and O–H groups in total. The van der Waals surface area contributed by atoms with Crippen molar-refractivity contribution < 1.29 is 38.1 Å². The Labute approximate surface area is 273 Å². The van der Waals surface area contributed by atoms with Crippen molar-refractivity contribution in [3.63, 3.8) is 0 Å². The van der Waals surface area contributed by atoms with Gasteiger partial charge in [-0.25, -0.2) is 9.29 Å². The summed E-state index contributed by atoms with van der Waals surface area (Å²) in [7, 11) is 2.73. The van der Waals surface area contributed by atoms with Gasteiger partial charge in [0.2, 0.25) is 11.8 Å². The highest BCUT2D eigenvalue weighted by atomic mass is 35.5. The normalized spacial score (nSPS) is 30.2. The topological polar surface area (TPSA) is 113 Å². The van der Waals surface area contributed by atoms with Crippen molar-refractivity contribution in [2.75, 3.05) is 24.0 Å². The zero-order valence-electron chi connectivity index (χ0n) is 24.6. The Balaban J connectivity index is 1.46. The fourth-order valence-electron chi connectivity index (χ4n) is 7.76. The van der Waals surface area contributed by atoms with E-state index in [0.717, 1.165) is 17.0 Å². The van der Waals surface area contributed by atoms with Gasteiger partial charge < -0.3 is 14.6 Å². The molecule has 0 radical (unpaired) electrons. The zero-order chi connectivity index (χ0) is 32.7. The molecule has 2 aliphatic heterocycles. The lowest BCUT2D eigenvalue weighted by Crippen LogP contribution is -2.60. The molecule has 0 spiro atoms. The number of allylic oxidation sites excluding steroid dienone is 2. The molecule has 4 aliphatic rings. The molecular weight excluding hydrogens is 638 g/mol. The molecule has 12 heteroatoms. The van der Waals surface area contributed by atoms with E-state index in [9.17, 15) is 28.7 Å². The summed E-state index contributed by atoms with van der Waals surface area (Å²) < 4.78 is 25.2. The summed E-state index contributed by atoms with van der Waals surface area (Å²) in [4.78, 5) is 54.6. The molecule has 236 valence electrons. The van der Waals surface area contributed by atoms with Crippen LogP contribution in [0, 0.1) is 23.6 Å². The van der Waals surface area contributed by atoms with E-state index >= 15 is 0 Å². The second-order valence-electron chi connectivity index (χ2n) is 11.9. The van der Waals surface area contributed by atoms with Gasteiger partial charge in [0, 0.05) is 23.6 Å². The van der Waals surface area contributed by atoms with Crippen molar-refractivity contribution in [1.29, 1.82) is 0 Å². The lowest BCUT2D eigenvalue weighted by molar-refractivity contribution is -0.125. The number of methoxy groups -OCH3 is 2. The number of phenols is 1. The first-order valence-electron chi connectivity index (χ1n) is 14.6. The largest absolute Gasteiger partial charge is 0.508 e. The van der Waals surface area contributed by atoms with E-state index in [0.29, 0.717) is 11.3 Å². The summed E-state index contributed by atoms with van der Waals surface area (Å²) in [5.74, 6) is -6.76. The van der Waals surface area contributed by atoms with E-state index in [1.165, 1.54) is 43.4 Å². The van der Waals surface area contributed by atoms with Crippen LogP contribution in [-0.4, -0.2) is 52.7 Å². The molecule has 7 rings (SSSR count). The number of alkyl halides is 2. The monoisotopic (exact) mass is 664 g/mol. The number of carbonyl (C=O) groups is 4. The maximum absolute atomic E-state index is 14.6. The quantitative estimate of drug-likeness (QED) is 0.223. The second-order valence-corrected chi connectivity index (χ2v) is 13.1. The number of imide groups is 2. The highest BCUT2D eigenvalue weighted by Gasteiger charge is 2.77. The van der Waals surface area contributed by atoms with Crippen molar-refractivity contribution in [1.82, 2.24) is 0 Å². The highest BCUT2D eigenvalue weighted by molar-refractivity contribution is 6.58. The van der Waals surface area contributed by atoms with Crippen LogP contribution in [-0.2, 0) is 19.2 Å². The predicted molar refractivity (Wildman–Crippen MR) is 167 cm³/mol. The van der Waals surface area contributed by atoms with Gasteiger partial charge in [-0.3, -0.25) is 24.1 Å². The number of halogens is 3. The Morgan fingerprint density at radius 3 is 2.04 bits per heavy atom. The Kier molecular flexibility index (Phi) is 6.95. The van der Waals surface area contributed by atoms with E-state index in [2.05, 4.69) is 0 Å². The number of amides is 4. The number of hydrogen-bond acceptors (Lipinski definition) is 7. The van der Waals surface area contributed by atoms with Gasteiger partial charge in [0.25, 0.3) is 11.8 Å². The maximum Gasteiger partial charge on any atom is 0.258 e. The Bertz CT molecular complexity index is 1830. The third-order valence-corrected chi connectivity index (χ3v) is 11.1. The van der Waals surface area contributed by atoms with E-state index in [1.807, 2.05) is 0 Å². The molecule has 3 aromatic carbocycles. The van der Waals surface area contributed by atoms with Gasteiger partial charge >= 0.3 is 0 Å². The van der Waals surface area contributed by atoms with Crippen LogP contribution >= 0.6 is 23.2 Å². The standard InChI is InChI=1S/C34H27Cl2FN2O7/c1-45-24-14-20(40)15-25(46-2)27(24)28-21-12-13-22-26(30(42)38(29(22)41)18-6-4-3-5-7-18)23(21)16-33(35)31(43)39(32(44)34(28,33)36)19-10-8-17(37)9-11-19/h3-12,14-15,22-23,26,28,40H,13,16H2,1-2H3/t22-,23+,26-,28+,33+,34-/m0/s1. The van der Waals surface area contributed by atoms with E-state index in [-0.39, 0.29) is 47.2 Å². The van der Waals surface area contributed by atoms with Crippen LogP contribution < -0.4 is 19.3 Å². The van der Waals surface area contributed by atoms with Crippen molar-refractivity contribution in [2.24, 2.45) is 17.8 Å². The van der Waals surface area contributed by atoms with Crippen LogP contribution in [0.3, 0.4) is 0 Å². The fourth-order valence-corrected chi connectivity index (χ4v) is 8.68. The fraction of sp³-hybridized carbons (Fsp3) is 0.294. The number of ether oxygens (including phenoxy) is 2. The average Bonchev–Trinajstić information content (AvgIpc) is 3.39. The lowest BCUT2D eigenvalue weighted by atomic mass is 9.56. The van der Waals surface area contributed by atoms with Crippen molar-refractivity contribution >= 4 is 58.2 Å². The molecule has 3 fully saturated rings.